The molecule has 2 atom stereocenters. The number of halogens is 6. The third-order valence-corrected chi connectivity index (χ3v) is 6.79. The Bertz CT molecular complexity index is 1520. The number of carbonyl (C=O) groups excluding carboxylic acids is 3. The number of benzene rings is 3. The Kier molecular flexibility index (Phi) is 9.87. The summed E-state index contributed by atoms with van der Waals surface area (Å²) in [5.41, 5.74) is -2.19. The van der Waals surface area contributed by atoms with Crippen molar-refractivity contribution in [2.75, 3.05) is 31.8 Å². The molecule has 3 amide bonds. The van der Waals surface area contributed by atoms with Gasteiger partial charge in [-0.25, -0.2) is 8.78 Å². The van der Waals surface area contributed by atoms with Crippen molar-refractivity contribution in [2.24, 2.45) is 0 Å². The molecule has 4 rings (SSSR count). The van der Waals surface area contributed by atoms with Gasteiger partial charge in [-0.15, -0.1) is 0 Å². The highest BCUT2D eigenvalue weighted by Crippen LogP contribution is 2.34. The predicted molar refractivity (Wildman–Crippen MR) is 146 cm³/mol. The summed E-state index contributed by atoms with van der Waals surface area (Å²) < 4.78 is 79.8. The standard InChI is InChI=1S/C29H25ClF5N3O5/c1-42-11-10-38-24-9-6-17(30)13-25(24)43-15-23(28(38)41)37-27(40)22(12-16-4-2-3-5-21(16)32)36-26(39)19-8-7-18(31)14-20(19)29(33,34)35/h2-9,13-14,22-23H,10-12,15H2,1H3,(H,36,39)(H,37,40)/t22-,23-/m1/s1. The molecule has 1 heterocycles. The van der Waals surface area contributed by atoms with Gasteiger partial charge in [-0.2, -0.15) is 13.2 Å². The molecule has 0 aliphatic carbocycles. The van der Waals surface area contributed by atoms with Crippen LogP contribution in [-0.4, -0.2) is 56.7 Å². The highest BCUT2D eigenvalue weighted by Gasteiger charge is 2.38. The second-order valence-corrected chi connectivity index (χ2v) is 9.91. The molecule has 0 unspecified atom stereocenters. The Hall–Kier alpha value is -4.23. The molecule has 228 valence electrons. The quantitative estimate of drug-likeness (QED) is 0.341. The van der Waals surface area contributed by atoms with Gasteiger partial charge in [-0.1, -0.05) is 29.8 Å². The number of fused-ring (bicyclic) bond motifs is 1. The first kappa shape index (κ1) is 31.7. The van der Waals surface area contributed by atoms with Crippen LogP contribution in [0.4, 0.5) is 27.6 Å². The molecule has 2 N–H and O–H groups in total. The fraction of sp³-hybridized carbons (Fsp3) is 0.276. The maximum Gasteiger partial charge on any atom is 0.417 e. The number of anilines is 1. The topological polar surface area (TPSA) is 97.0 Å². The van der Waals surface area contributed by atoms with E-state index in [9.17, 15) is 36.3 Å². The molecule has 0 spiro atoms. The maximum atomic E-state index is 14.5. The second-order valence-electron chi connectivity index (χ2n) is 9.48. The van der Waals surface area contributed by atoms with Gasteiger partial charge in [-0.3, -0.25) is 14.4 Å². The lowest BCUT2D eigenvalue weighted by Crippen LogP contribution is -2.56. The minimum Gasteiger partial charge on any atom is -0.489 e. The molecule has 0 aromatic heterocycles. The highest BCUT2D eigenvalue weighted by molar-refractivity contribution is 6.30. The monoisotopic (exact) mass is 625 g/mol. The molecule has 3 aromatic rings. The summed E-state index contributed by atoms with van der Waals surface area (Å²) >= 11 is 6.08. The molecule has 1 aliphatic heterocycles. The van der Waals surface area contributed by atoms with Crippen LogP contribution in [0.2, 0.25) is 5.02 Å². The van der Waals surface area contributed by atoms with Crippen molar-refractivity contribution in [3.63, 3.8) is 0 Å². The summed E-state index contributed by atoms with van der Waals surface area (Å²) in [5, 5.41) is 4.98. The van der Waals surface area contributed by atoms with Crippen molar-refractivity contribution in [1.29, 1.82) is 0 Å². The van der Waals surface area contributed by atoms with Crippen LogP contribution in [0.15, 0.2) is 60.7 Å². The number of hydrogen-bond donors (Lipinski definition) is 2. The normalized spacial score (nSPS) is 15.7. The highest BCUT2D eigenvalue weighted by atomic mass is 35.5. The zero-order valence-corrected chi connectivity index (χ0v) is 23.3. The molecule has 0 saturated heterocycles. The van der Waals surface area contributed by atoms with E-state index in [0.717, 1.165) is 6.07 Å². The van der Waals surface area contributed by atoms with E-state index in [1.807, 2.05) is 0 Å². The number of carbonyl (C=O) groups is 3. The van der Waals surface area contributed by atoms with Crippen LogP contribution in [0.5, 0.6) is 5.75 Å². The van der Waals surface area contributed by atoms with Crippen LogP contribution < -0.4 is 20.3 Å². The number of methoxy groups -OCH3 is 1. The zero-order chi connectivity index (χ0) is 31.3. The summed E-state index contributed by atoms with van der Waals surface area (Å²) in [5.74, 6) is -4.70. The molecule has 43 heavy (non-hydrogen) atoms. The molecule has 0 saturated carbocycles. The Morgan fingerprint density at radius 3 is 2.56 bits per heavy atom. The van der Waals surface area contributed by atoms with Crippen LogP contribution in [0.1, 0.15) is 21.5 Å². The lowest BCUT2D eigenvalue weighted by Gasteiger charge is -2.26. The number of amides is 3. The molecule has 1 aliphatic rings. The molecule has 14 heteroatoms. The van der Waals surface area contributed by atoms with Gasteiger partial charge < -0.3 is 25.0 Å². The van der Waals surface area contributed by atoms with Crippen LogP contribution in [-0.2, 0) is 26.9 Å². The van der Waals surface area contributed by atoms with Crippen LogP contribution >= 0.6 is 11.6 Å². The van der Waals surface area contributed by atoms with Gasteiger partial charge in [0.25, 0.3) is 11.8 Å². The van der Waals surface area contributed by atoms with Gasteiger partial charge in [0, 0.05) is 31.2 Å². The van der Waals surface area contributed by atoms with E-state index in [-0.39, 0.29) is 37.1 Å². The SMILES string of the molecule is COCCN1C(=O)[C@H](NC(=O)[C@@H](Cc2ccccc2F)NC(=O)c2ccc(F)cc2C(F)(F)F)COc2cc(Cl)ccc21. The zero-order valence-electron chi connectivity index (χ0n) is 22.5. The number of nitrogens with zero attached hydrogens (tertiary/aromatic N) is 1. The fourth-order valence-corrected chi connectivity index (χ4v) is 4.61. The van der Waals surface area contributed by atoms with Crippen molar-refractivity contribution < 1.29 is 45.8 Å². The predicted octanol–water partition coefficient (Wildman–Crippen LogP) is 4.53. The molecule has 8 nitrogen and oxygen atoms in total. The molecule has 0 fully saturated rings. The molecular formula is C29H25ClF5N3O5. The summed E-state index contributed by atoms with van der Waals surface area (Å²) in [4.78, 5) is 41.4. The van der Waals surface area contributed by atoms with E-state index in [2.05, 4.69) is 10.6 Å². The number of ether oxygens (including phenoxy) is 2. The van der Waals surface area contributed by atoms with Crippen LogP contribution in [0, 0.1) is 11.6 Å². The van der Waals surface area contributed by atoms with E-state index >= 15 is 0 Å². The molecule has 3 aromatic carbocycles. The lowest BCUT2D eigenvalue weighted by atomic mass is 10.0. The Morgan fingerprint density at radius 1 is 1.12 bits per heavy atom. The largest absolute Gasteiger partial charge is 0.489 e. The number of alkyl halides is 3. The van der Waals surface area contributed by atoms with Crippen LogP contribution in [0.3, 0.4) is 0 Å². The van der Waals surface area contributed by atoms with E-state index in [1.54, 1.807) is 12.1 Å². The third kappa shape index (κ3) is 7.59. The number of rotatable bonds is 9. The molecular weight excluding hydrogens is 601 g/mol. The van der Waals surface area contributed by atoms with Crippen molar-refractivity contribution in [3.05, 3.63) is 94.0 Å². The smallest absolute Gasteiger partial charge is 0.417 e. The van der Waals surface area contributed by atoms with Crippen molar-refractivity contribution >= 4 is 35.0 Å². The van der Waals surface area contributed by atoms with Gasteiger partial charge in [-0.05, 0) is 42.0 Å². The minimum atomic E-state index is -5.09. The van der Waals surface area contributed by atoms with E-state index in [0.29, 0.717) is 22.8 Å². The van der Waals surface area contributed by atoms with Gasteiger partial charge in [0.05, 0.1) is 23.4 Å². The van der Waals surface area contributed by atoms with Crippen LogP contribution in [0.25, 0.3) is 0 Å². The first-order valence-electron chi connectivity index (χ1n) is 12.8. The molecule has 0 bridgehead atoms. The van der Waals surface area contributed by atoms with Gasteiger partial charge >= 0.3 is 6.18 Å². The Balaban J connectivity index is 1.63. The first-order valence-corrected chi connectivity index (χ1v) is 13.2. The number of hydrogen-bond acceptors (Lipinski definition) is 5. The van der Waals surface area contributed by atoms with Gasteiger partial charge in [0.2, 0.25) is 5.91 Å². The van der Waals surface area contributed by atoms with Crippen molar-refractivity contribution in [1.82, 2.24) is 10.6 Å². The van der Waals surface area contributed by atoms with Gasteiger partial charge in [0.15, 0.2) is 0 Å². The minimum absolute atomic E-state index is 0.0367. The van der Waals surface area contributed by atoms with Gasteiger partial charge in [0.1, 0.15) is 36.1 Å². The first-order chi connectivity index (χ1) is 20.4. The Labute approximate surface area is 247 Å². The van der Waals surface area contributed by atoms with Crippen molar-refractivity contribution in [2.45, 2.75) is 24.7 Å². The lowest BCUT2D eigenvalue weighted by molar-refractivity contribution is -0.138. The average molecular weight is 626 g/mol. The third-order valence-electron chi connectivity index (χ3n) is 6.55. The average Bonchev–Trinajstić information content (AvgIpc) is 3.07. The summed E-state index contributed by atoms with van der Waals surface area (Å²) in [6.45, 7) is -0.169. The fourth-order valence-electron chi connectivity index (χ4n) is 4.44. The van der Waals surface area contributed by atoms with E-state index in [1.165, 1.54) is 36.3 Å². The summed E-state index contributed by atoms with van der Waals surface area (Å²) in [6, 6.07) is 8.33. The van der Waals surface area contributed by atoms with E-state index < -0.39 is 65.2 Å². The Morgan fingerprint density at radius 2 is 1.86 bits per heavy atom. The second kappa shape index (κ2) is 13.4. The number of nitrogens with one attached hydrogen (secondary N) is 2. The summed E-state index contributed by atoms with van der Waals surface area (Å²) in [7, 11) is 1.43. The van der Waals surface area contributed by atoms with Crippen molar-refractivity contribution in [3.8, 4) is 5.75 Å². The molecule has 0 radical (unpaired) electrons. The summed E-state index contributed by atoms with van der Waals surface area (Å²) in [6.07, 6.45) is -5.58. The maximum absolute atomic E-state index is 14.5. The van der Waals surface area contributed by atoms with E-state index in [4.69, 9.17) is 21.1 Å².